The first-order valence-corrected chi connectivity index (χ1v) is 10.9. The molecular weight excluding hydrogens is 473 g/mol. The highest BCUT2D eigenvalue weighted by atomic mass is 19.4. The Kier molecular flexibility index (Phi) is 5.55. The summed E-state index contributed by atoms with van der Waals surface area (Å²) in [6.45, 7) is 1.83. The van der Waals surface area contributed by atoms with E-state index in [0.29, 0.717) is 16.5 Å². The van der Waals surface area contributed by atoms with E-state index in [2.05, 4.69) is 9.72 Å². The second kappa shape index (κ2) is 8.60. The summed E-state index contributed by atoms with van der Waals surface area (Å²) in [7, 11) is 0. The van der Waals surface area contributed by atoms with Crippen LogP contribution >= 0.6 is 0 Å². The highest BCUT2D eigenvalue weighted by Gasteiger charge is 2.47. The summed E-state index contributed by atoms with van der Waals surface area (Å²) in [6.07, 6.45) is -3.39. The second-order valence-corrected chi connectivity index (χ2v) is 8.38. The van der Waals surface area contributed by atoms with Crippen LogP contribution in [0, 0.1) is 6.92 Å². The number of hydrogen-bond donors (Lipinski definition) is 2. The van der Waals surface area contributed by atoms with Gasteiger partial charge < -0.3 is 14.8 Å². The molecule has 2 N–H and O–H groups in total. The number of carbonyl (C=O) groups is 2. The maximum atomic E-state index is 13.3. The van der Waals surface area contributed by atoms with Gasteiger partial charge >= 0.3 is 6.36 Å². The number of halogens is 3. The molecule has 182 valence electrons. The molecule has 0 spiro atoms. The number of anilines is 1. The number of aliphatic hydroxyl groups is 1. The number of alkyl halides is 3. The van der Waals surface area contributed by atoms with Crippen molar-refractivity contribution >= 4 is 34.0 Å². The lowest BCUT2D eigenvalue weighted by atomic mass is 9.94. The van der Waals surface area contributed by atoms with Crippen LogP contribution in [-0.2, 0) is 9.59 Å². The topological polar surface area (TPSA) is 82.6 Å². The Morgan fingerprint density at radius 3 is 2.50 bits per heavy atom. The fraction of sp³-hybridized carbons (Fsp3) is 0.111. The monoisotopic (exact) mass is 492 g/mol. The molecule has 1 aliphatic rings. The summed E-state index contributed by atoms with van der Waals surface area (Å²) in [5.74, 6) is -2.86. The van der Waals surface area contributed by atoms with Crippen LogP contribution in [0.3, 0.4) is 0 Å². The number of amides is 1. The number of nitrogens with zero attached hydrogens (tertiary/aromatic N) is 1. The average molecular weight is 492 g/mol. The number of aromatic nitrogens is 1. The number of rotatable bonds is 4. The first-order chi connectivity index (χ1) is 17.1. The Morgan fingerprint density at radius 2 is 1.75 bits per heavy atom. The summed E-state index contributed by atoms with van der Waals surface area (Å²) < 4.78 is 42.5. The quantitative estimate of drug-likeness (QED) is 0.208. The Hall–Kier alpha value is -4.53. The molecule has 6 nitrogen and oxygen atoms in total. The second-order valence-electron chi connectivity index (χ2n) is 8.38. The average Bonchev–Trinajstić information content (AvgIpc) is 3.37. The molecule has 1 unspecified atom stereocenters. The molecule has 0 bridgehead atoms. The van der Waals surface area contributed by atoms with Gasteiger partial charge in [-0.1, -0.05) is 54.1 Å². The number of aliphatic hydroxyl groups excluding tert-OH is 1. The van der Waals surface area contributed by atoms with Crippen molar-refractivity contribution < 1.29 is 32.6 Å². The van der Waals surface area contributed by atoms with Gasteiger partial charge in [0.05, 0.1) is 11.6 Å². The van der Waals surface area contributed by atoms with Crippen molar-refractivity contribution in [1.29, 1.82) is 0 Å². The van der Waals surface area contributed by atoms with Crippen molar-refractivity contribution in [2.24, 2.45) is 0 Å². The molecule has 1 fully saturated rings. The molecule has 5 rings (SSSR count). The summed E-state index contributed by atoms with van der Waals surface area (Å²) in [5.41, 5.74) is 2.24. The molecule has 3 aromatic carbocycles. The first kappa shape index (κ1) is 23.2. The van der Waals surface area contributed by atoms with E-state index >= 15 is 0 Å². The van der Waals surface area contributed by atoms with E-state index in [1.807, 2.05) is 19.1 Å². The van der Waals surface area contributed by atoms with Gasteiger partial charge in [-0.25, -0.2) is 0 Å². The minimum Gasteiger partial charge on any atom is -0.507 e. The van der Waals surface area contributed by atoms with Crippen molar-refractivity contribution in [1.82, 2.24) is 4.98 Å². The third-order valence-corrected chi connectivity index (χ3v) is 5.98. The molecule has 0 saturated carbocycles. The van der Waals surface area contributed by atoms with Crippen molar-refractivity contribution in [2.75, 3.05) is 4.90 Å². The van der Waals surface area contributed by atoms with E-state index in [-0.39, 0.29) is 17.0 Å². The molecule has 1 atom stereocenters. The number of nitrogens with one attached hydrogen (secondary N) is 1. The number of benzene rings is 3. The number of fused-ring (bicyclic) bond motifs is 1. The Morgan fingerprint density at radius 1 is 1.00 bits per heavy atom. The van der Waals surface area contributed by atoms with Gasteiger partial charge in [0.2, 0.25) is 0 Å². The molecular formula is C27H19F3N2O4. The number of ketones is 1. The van der Waals surface area contributed by atoms with E-state index in [4.69, 9.17) is 0 Å². The minimum absolute atomic E-state index is 0.0170. The van der Waals surface area contributed by atoms with Crippen LogP contribution in [0.25, 0.3) is 16.7 Å². The van der Waals surface area contributed by atoms with Gasteiger partial charge in [-0.3, -0.25) is 14.5 Å². The Bertz CT molecular complexity index is 1540. The first-order valence-electron chi connectivity index (χ1n) is 10.9. The highest BCUT2D eigenvalue weighted by Crippen LogP contribution is 2.44. The third-order valence-electron chi connectivity index (χ3n) is 5.98. The number of aryl methyl sites for hydroxylation is 1. The molecule has 0 aliphatic carbocycles. The van der Waals surface area contributed by atoms with Crippen LogP contribution in [0.4, 0.5) is 18.9 Å². The smallest absolute Gasteiger partial charge is 0.507 e. The standard InChI is InChI=1S/C27H19F3N2O4/c1-15-6-4-7-16(12-15)23-22(24(33)20-14-31-21-11-3-2-10-19(20)21)25(34)26(35)32(23)17-8-5-9-18(13-17)36-27(28,29)30/h2-14,23,31,33H,1H3/b24-22-. The Labute approximate surface area is 203 Å². The largest absolute Gasteiger partial charge is 0.573 e. The lowest BCUT2D eigenvalue weighted by molar-refractivity contribution is -0.274. The van der Waals surface area contributed by atoms with Gasteiger partial charge in [-0.2, -0.15) is 0 Å². The van der Waals surface area contributed by atoms with E-state index in [0.717, 1.165) is 28.1 Å². The minimum atomic E-state index is -4.93. The summed E-state index contributed by atoms with van der Waals surface area (Å²) >= 11 is 0. The van der Waals surface area contributed by atoms with Gasteiger partial charge in [0.15, 0.2) is 0 Å². The van der Waals surface area contributed by atoms with Gasteiger partial charge in [0, 0.05) is 34.4 Å². The number of para-hydroxylation sites is 1. The zero-order valence-electron chi connectivity index (χ0n) is 18.8. The van der Waals surface area contributed by atoms with Crippen molar-refractivity contribution in [3.63, 3.8) is 0 Å². The zero-order valence-corrected chi connectivity index (χ0v) is 18.8. The zero-order chi connectivity index (χ0) is 25.6. The predicted octanol–water partition coefficient (Wildman–Crippen LogP) is 6.00. The Balaban J connectivity index is 1.71. The number of hydrogen-bond acceptors (Lipinski definition) is 4. The molecule has 1 aliphatic heterocycles. The van der Waals surface area contributed by atoms with Crippen LogP contribution in [-0.4, -0.2) is 28.1 Å². The highest BCUT2D eigenvalue weighted by molar-refractivity contribution is 6.51. The fourth-order valence-electron chi connectivity index (χ4n) is 4.50. The predicted molar refractivity (Wildman–Crippen MR) is 127 cm³/mol. The third kappa shape index (κ3) is 4.08. The summed E-state index contributed by atoms with van der Waals surface area (Å²) in [6, 6.07) is 17.9. The lowest BCUT2D eigenvalue weighted by Crippen LogP contribution is -2.29. The number of ether oxygens (including phenoxy) is 1. The van der Waals surface area contributed by atoms with E-state index in [1.54, 1.807) is 42.6 Å². The number of aromatic amines is 1. The van der Waals surface area contributed by atoms with E-state index < -0.39 is 29.8 Å². The van der Waals surface area contributed by atoms with Gasteiger partial charge in [0.1, 0.15) is 11.5 Å². The van der Waals surface area contributed by atoms with E-state index in [1.165, 1.54) is 12.1 Å². The molecule has 1 saturated heterocycles. The number of Topliss-reactive ketones (excluding diaryl/α,β-unsaturated/α-hetero) is 1. The molecule has 2 heterocycles. The van der Waals surface area contributed by atoms with Gasteiger partial charge in [-0.15, -0.1) is 13.2 Å². The van der Waals surface area contributed by atoms with E-state index in [9.17, 15) is 27.9 Å². The van der Waals surface area contributed by atoms with Crippen LogP contribution in [0.15, 0.2) is 84.6 Å². The molecule has 1 aromatic heterocycles. The lowest BCUT2D eigenvalue weighted by Gasteiger charge is -2.26. The van der Waals surface area contributed by atoms with Crippen molar-refractivity contribution in [3.05, 3.63) is 101 Å². The maximum absolute atomic E-state index is 13.3. The SMILES string of the molecule is Cc1cccc(C2/C(=C(/O)c3c[nH]c4ccccc34)C(=O)C(=O)N2c2cccc(OC(F)(F)F)c2)c1. The number of carbonyl (C=O) groups excluding carboxylic acids is 2. The molecule has 4 aromatic rings. The molecule has 0 radical (unpaired) electrons. The van der Waals surface area contributed by atoms with Crippen LogP contribution in [0.5, 0.6) is 5.75 Å². The fourth-order valence-corrected chi connectivity index (χ4v) is 4.50. The molecule has 36 heavy (non-hydrogen) atoms. The van der Waals surface area contributed by atoms with Crippen molar-refractivity contribution in [2.45, 2.75) is 19.3 Å². The van der Waals surface area contributed by atoms with Crippen LogP contribution in [0.2, 0.25) is 0 Å². The number of H-pyrrole nitrogens is 1. The maximum Gasteiger partial charge on any atom is 0.573 e. The van der Waals surface area contributed by atoms with Crippen LogP contribution < -0.4 is 9.64 Å². The summed E-state index contributed by atoms with van der Waals surface area (Å²) in [5, 5.41) is 12.0. The molecule has 9 heteroatoms. The summed E-state index contributed by atoms with van der Waals surface area (Å²) in [4.78, 5) is 30.7. The normalized spacial score (nSPS) is 17.7. The molecule has 1 amide bonds. The van der Waals surface area contributed by atoms with Crippen molar-refractivity contribution in [3.8, 4) is 5.75 Å². The van der Waals surface area contributed by atoms with Gasteiger partial charge in [-0.05, 0) is 30.7 Å². The van der Waals surface area contributed by atoms with Gasteiger partial charge in [0.25, 0.3) is 11.7 Å². The van der Waals surface area contributed by atoms with Crippen LogP contribution in [0.1, 0.15) is 22.7 Å².